The van der Waals surface area contributed by atoms with Gasteiger partial charge in [-0.1, -0.05) is 6.08 Å². The third-order valence-corrected chi connectivity index (χ3v) is 0.566. The van der Waals surface area contributed by atoms with Crippen molar-refractivity contribution in [2.75, 3.05) is 6.61 Å². The molecule has 2 N–H and O–H groups in total. The molecule has 0 aromatic rings. The molecule has 10 heavy (non-hydrogen) atoms. The van der Waals surface area contributed by atoms with Crippen LogP contribution in [0.25, 0.3) is 0 Å². The highest BCUT2D eigenvalue weighted by atomic mass is 16.4. The lowest BCUT2D eigenvalue weighted by Crippen LogP contribution is -1.78. The van der Waals surface area contributed by atoms with Crippen molar-refractivity contribution in [2.45, 2.75) is 19.8 Å². The predicted molar refractivity (Wildman–Crippen MR) is 39.8 cm³/mol. The number of aliphatic carboxylic acids is 1. The molecule has 0 bridgehead atoms. The third-order valence-electron chi connectivity index (χ3n) is 0.566. The summed E-state index contributed by atoms with van der Waals surface area (Å²) in [5, 5.41) is 15.6. The Labute approximate surface area is 61.0 Å². The van der Waals surface area contributed by atoms with Crippen molar-refractivity contribution in [1.82, 2.24) is 0 Å². The van der Waals surface area contributed by atoms with E-state index in [1.54, 1.807) is 6.08 Å². The van der Waals surface area contributed by atoms with Crippen molar-refractivity contribution in [3.8, 4) is 0 Å². The first-order chi connectivity index (χ1) is 4.65. The summed E-state index contributed by atoms with van der Waals surface area (Å²) in [4.78, 5) is 9.00. The van der Waals surface area contributed by atoms with E-state index < -0.39 is 5.97 Å². The van der Waals surface area contributed by atoms with Crippen molar-refractivity contribution >= 4 is 5.97 Å². The Balaban J connectivity index is 0. The highest BCUT2D eigenvalue weighted by molar-refractivity contribution is 5.62. The maximum atomic E-state index is 9.00. The van der Waals surface area contributed by atoms with Crippen LogP contribution in [0, 0.1) is 0 Å². The first kappa shape index (κ1) is 11.9. The van der Waals surface area contributed by atoms with Crippen LogP contribution in [-0.4, -0.2) is 22.8 Å². The van der Waals surface area contributed by atoms with E-state index in [2.05, 4.69) is 6.58 Å². The van der Waals surface area contributed by atoms with Gasteiger partial charge >= 0.3 is 0 Å². The lowest BCUT2D eigenvalue weighted by molar-refractivity contribution is -0.134. The summed E-state index contributed by atoms with van der Waals surface area (Å²) >= 11 is 0. The third kappa shape index (κ3) is 58.0. The van der Waals surface area contributed by atoms with E-state index in [0.29, 0.717) is 0 Å². The van der Waals surface area contributed by atoms with Crippen molar-refractivity contribution in [2.24, 2.45) is 0 Å². The highest BCUT2D eigenvalue weighted by Crippen LogP contribution is 1.83. The summed E-state index contributed by atoms with van der Waals surface area (Å²) in [6, 6.07) is 0. The molecule has 0 aromatic carbocycles. The van der Waals surface area contributed by atoms with Crippen LogP contribution in [0.1, 0.15) is 19.8 Å². The molecule has 0 aliphatic carbocycles. The van der Waals surface area contributed by atoms with Gasteiger partial charge in [0, 0.05) is 13.5 Å². The van der Waals surface area contributed by atoms with E-state index in [9.17, 15) is 0 Å². The van der Waals surface area contributed by atoms with Gasteiger partial charge in [-0.2, -0.15) is 0 Å². The second-order valence-corrected chi connectivity index (χ2v) is 1.67. The van der Waals surface area contributed by atoms with Crippen LogP contribution >= 0.6 is 0 Å². The van der Waals surface area contributed by atoms with Gasteiger partial charge in [-0.15, -0.1) is 6.58 Å². The molecular weight excluding hydrogens is 132 g/mol. The second-order valence-electron chi connectivity index (χ2n) is 1.67. The fraction of sp³-hybridized carbons (Fsp3) is 0.571. The van der Waals surface area contributed by atoms with Crippen molar-refractivity contribution in [3.63, 3.8) is 0 Å². The quantitative estimate of drug-likeness (QED) is 0.462. The number of hydrogen-bond acceptors (Lipinski definition) is 2. The minimum absolute atomic E-state index is 0.284. The van der Waals surface area contributed by atoms with Gasteiger partial charge in [0.25, 0.3) is 5.97 Å². The van der Waals surface area contributed by atoms with Crippen LogP contribution in [0.15, 0.2) is 12.7 Å². The Bertz CT molecular complexity index is 84.9. The number of unbranched alkanes of at least 4 members (excludes halogenated alkanes) is 1. The fourth-order valence-corrected chi connectivity index (χ4v) is 0.236. The molecule has 3 heteroatoms. The molecule has 0 spiro atoms. The molecule has 0 saturated carbocycles. The first-order valence-electron chi connectivity index (χ1n) is 3.06. The van der Waals surface area contributed by atoms with Gasteiger partial charge in [0.1, 0.15) is 0 Å². The number of allylic oxidation sites excluding steroid dienone is 1. The smallest absolute Gasteiger partial charge is 0.300 e. The van der Waals surface area contributed by atoms with Crippen molar-refractivity contribution < 1.29 is 15.0 Å². The maximum absolute atomic E-state index is 9.00. The molecule has 0 aliphatic heterocycles. The van der Waals surface area contributed by atoms with Crippen LogP contribution in [0.3, 0.4) is 0 Å². The van der Waals surface area contributed by atoms with E-state index in [-0.39, 0.29) is 6.61 Å². The van der Waals surface area contributed by atoms with E-state index in [4.69, 9.17) is 15.0 Å². The maximum Gasteiger partial charge on any atom is 0.300 e. The summed E-state index contributed by atoms with van der Waals surface area (Å²) in [5.41, 5.74) is 0. The summed E-state index contributed by atoms with van der Waals surface area (Å²) in [7, 11) is 0. The van der Waals surface area contributed by atoms with Gasteiger partial charge in [-0.05, 0) is 12.8 Å². The van der Waals surface area contributed by atoms with Crippen LogP contribution < -0.4 is 0 Å². The van der Waals surface area contributed by atoms with Crippen LogP contribution in [0.5, 0.6) is 0 Å². The van der Waals surface area contributed by atoms with Gasteiger partial charge in [-0.3, -0.25) is 4.79 Å². The first-order valence-corrected chi connectivity index (χ1v) is 3.06. The Morgan fingerprint density at radius 1 is 1.70 bits per heavy atom. The highest BCUT2D eigenvalue weighted by Gasteiger charge is 1.72. The number of hydrogen-bond donors (Lipinski definition) is 2. The lowest BCUT2D eigenvalue weighted by Gasteiger charge is -1.81. The molecule has 0 aromatic heterocycles. The Hall–Kier alpha value is -0.830. The molecule has 0 atom stereocenters. The Kier molecular flexibility index (Phi) is 13.1. The minimum Gasteiger partial charge on any atom is -0.481 e. The standard InChI is InChI=1S/C5H10O.C2H4O2/c1-2-3-4-5-6;1-2(3)4/h2,6H,1,3-5H2;1H3,(H,3,4). The molecule has 0 rings (SSSR count). The monoisotopic (exact) mass is 146 g/mol. The SMILES string of the molecule is C=CCCCO.CC(=O)O. The number of rotatable bonds is 3. The van der Waals surface area contributed by atoms with Gasteiger partial charge < -0.3 is 10.2 Å². The molecule has 3 nitrogen and oxygen atoms in total. The Morgan fingerprint density at radius 3 is 2.20 bits per heavy atom. The average Bonchev–Trinajstić information content (AvgIpc) is 1.82. The normalized spacial score (nSPS) is 7.40. The van der Waals surface area contributed by atoms with Crippen LogP contribution in [0.2, 0.25) is 0 Å². The lowest BCUT2D eigenvalue weighted by atomic mass is 10.3. The molecule has 0 radical (unpaired) electrons. The molecule has 0 amide bonds. The molecule has 0 unspecified atom stereocenters. The van der Waals surface area contributed by atoms with Crippen molar-refractivity contribution in [3.05, 3.63) is 12.7 Å². The molecule has 0 fully saturated rings. The van der Waals surface area contributed by atoms with E-state index in [1.165, 1.54) is 0 Å². The molecule has 0 saturated heterocycles. The number of aliphatic hydroxyl groups is 1. The molecule has 60 valence electrons. The van der Waals surface area contributed by atoms with Crippen LogP contribution in [-0.2, 0) is 4.79 Å². The van der Waals surface area contributed by atoms with Crippen molar-refractivity contribution in [1.29, 1.82) is 0 Å². The Morgan fingerprint density at radius 2 is 2.10 bits per heavy atom. The van der Waals surface area contributed by atoms with Gasteiger partial charge in [0.05, 0.1) is 0 Å². The number of carbonyl (C=O) groups is 1. The second kappa shape index (κ2) is 11.0. The zero-order valence-corrected chi connectivity index (χ0v) is 6.21. The summed E-state index contributed by atoms with van der Waals surface area (Å²) in [6.07, 6.45) is 3.58. The van der Waals surface area contributed by atoms with Gasteiger partial charge in [0.2, 0.25) is 0 Å². The summed E-state index contributed by atoms with van der Waals surface area (Å²) < 4.78 is 0. The van der Waals surface area contributed by atoms with E-state index in [1.807, 2.05) is 0 Å². The van der Waals surface area contributed by atoms with Gasteiger partial charge in [-0.25, -0.2) is 0 Å². The number of carboxylic acid groups (broad SMARTS) is 1. The number of aliphatic hydroxyl groups excluding tert-OH is 1. The predicted octanol–water partition coefficient (Wildman–Crippen LogP) is 1.04. The van der Waals surface area contributed by atoms with Gasteiger partial charge in [0.15, 0.2) is 0 Å². The summed E-state index contributed by atoms with van der Waals surface area (Å²) in [5.74, 6) is -0.833. The molecule has 0 aliphatic rings. The topological polar surface area (TPSA) is 57.5 Å². The molecular formula is C7H14O3. The number of carboxylic acids is 1. The van der Waals surface area contributed by atoms with E-state index in [0.717, 1.165) is 19.8 Å². The average molecular weight is 146 g/mol. The van der Waals surface area contributed by atoms with Crippen LogP contribution in [0.4, 0.5) is 0 Å². The summed E-state index contributed by atoms with van der Waals surface area (Å²) in [6.45, 7) is 4.85. The zero-order valence-electron chi connectivity index (χ0n) is 6.21. The van der Waals surface area contributed by atoms with E-state index >= 15 is 0 Å². The molecule has 0 heterocycles. The largest absolute Gasteiger partial charge is 0.481 e. The minimum atomic E-state index is -0.833. The zero-order chi connectivity index (χ0) is 8.41. The fourth-order valence-electron chi connectivity index (χ4n) is 0.236.